The average Bonchev–Trinajstić information content (AvgIpc) is 2.41. The van der Waals surface area contributed by atoms with Gasteiger partial charge in [-0.3, -0.25) is 0 Å². The lowest BCUT2D eigenvalue weighted by molar-refractivity contribution is -0.154. The van der Waals surface area contributed by atoms with Gasteiger partial charge in [0.15, 0.2) is 0 Å². The van der Waals surface area contributed by atoms with E-state index in [4.69, 9.17) is 21.1 Å². The maximum Gasteiger partial charge on any atom is 0.331 e. The molecule has 0 saturated carbocycles. The van der Waals surface area contributed by atoms with Crippen LogP contribution in [-0.4, -0.2) is 30.8 Å². The summed E-state index contributed by atoms with van der Waals surface area (Å²) in [5, 5.41) is 3.96. The molecule has 0 radical (unpaired) electrons. The van der Waals surface area contributed by atoms with E-state index >= 15 is 0 Å². The Morgan fingerprint density at radius 2 is 2.05 bits per heavy atom. The summed E-state index contributed by atoms with van der Waals surface area (Å²) in [4.78, 5) is 12.4. The number of hydrogen-bond acceptors (Lipinski definition) is 4. The minimum absolute atomic E-state index is 0.0175. The van der Waals surface area contributed by atoms with Crippen LogP contribution in [0.2, 0.25) is 5.02 Å². The van der Waals surface area contributed by atoms with E-state index in [9.17, 15) is 4.79 Å². The zero-order valence-electron chi connectivity index (χ0n) is 12.3. The minimum atomic E-state index is -0.779. The van der Waals surface area contributed by atoms with E-state index in [1.54, 1.807) is 6.07 Å². The number of methoxy groups -OCH3 is 1. The van der Waals surface area contributed by atoms with Crippen LogP contribution in [0, 0.1) is 0 Å². The number of hydrogen-bond donors (Lipinski definition) is 1. The summed E-state index contributed by atoms with van der Waals surface area (Å²) in [6, 6.07) is 5.49. The quantitative estimate of drug-likeness (QED) is 0.810. The molecule has 1 aliphatic rings. The Morgan fingerprint density at radius 3 is 2.57 bits per heavy atom. The van der Waals surface area contributed by atoms with Crippen molar-refractivity contribution >= 4 is 39.2 Å². The van der Waals surface area contributed by atoms with Crippen LogP contribution >= 0.6 is 27.5 Å². The van der Waals surface area contributed by atoms with Crippen LogP contribution in [0.5, 0.6) is 0 Å². The zero-order valence-corrected chi connectivity index (χ0v) is 14.6. The van der Waals surface area contributed by atoms with Crippen molar-refractivity contribution in [2.24, 2.45) is 0 Å². The molecule has 6 heteroatoms. The van der Waals surface area contributed by atoms with E-state index in [0.717, 1.165) is 10.2 Å². The van der Waals surface area contributed by atoms with Gasteiger partial charge in [-0.05, 0) is 48.0 Å². The van der Waals surface area contributed by atoms with E-state index in [1.165, 1.54) is 7.11 Å². The molecule has 0 bridgehead atoms. The number of benzene rings is 1. The van der Waals surface area contributed by atoms with Crippen molar-refractivity contribution < 1.29 is 14.3 Å². The van der Waals surface area contributed by atoms with Crippen LogP contribution in [-0.2, 0) is 14.3 Å². The summed E-state index contributed by atoms with van der Waals surface area (Å²) < 4.78 is 11.5. The topological polar surface area (TPSA) is 47.6 Å². The predicted octanol–water partition coefficient (Wildman–Crippen LogP) is 4.01. The maximum absolute atomic E-state index is 12.4. The molecule has 116 valence electrons. The number of carbonyl (C=O) groups excluding carboxylic acids is 1. The Balaban J connectivity index is 2.32. The van der Waals surface area contributed by atoms with Gasteiger partial charge < -0.3 is 14.8 Å². The molecule has 2 unspecified atom stereocenters. The summed E-state index contributed by atoms with van der Waals surface area (Å²) in [6.45, 7) is 3.93. The average molecular weight is 377 g/mol. The molecule has 1 aromatic carbocycles. The largest absolute Gasteiger partial charge is 0.467 e. The second-order valence-electron chi connectivity index (χ2n) is 5.49. The van der Waals surface area contributed by atoms with Gasteiger partial charge in [0.1, 0.15) is 5.54 Å². The number of esters is 1. The Bertz CT molecular complexity index is 528. The first-order valence-electron chi connectivity index (χ1n) is 6.83. The first kappa shape index (κ1) is 16.6. The van der Waals surface area contributed by atoms with Crippen molar-refractivity contribution in [1.29, 1.82) is 0 Å². The van der Waals surface area contributed by atoms with Gasteiger partial charge in [0, 0.05) is 23.0 Å². The first-order valence-corrected chi connectivity index (χ1v) is 8.00. The summed E-state index contributed by atoms with van der Waals surface area (Å²) in [5.41, 5.74) is 0.0389. The minimum Gasteiger partial charge on any atom is -0.467 e. The normalized spacial score (nSPS) is 29.0. The monoisotopic (exact) mass is 375 g/mol. The highest BCUT2D eigenvalue weighted by molar-refractivity contribution is 9.10. The lowest BCUT2D eigenvalue weighted by atomic mass is 9.83. The van der Waals surface area contributed by atoms with Gasteiger partial charge in [-0.25, -0.2) is 4.79 Å². The van der Waals surface area contributed by atoms with Crippen molar-refractivity contribution in [1.82, 2.24) is 0 Å². The smallest absolute Gasteiger partial charge is 0.331 e. The number of anilines is 1. The lowest BCUT2D eigenvalue weighted by Crippen LogP contribution is -2.55. The van der Waals surface area contributed by atoms with E-state index in [-0.39, 0.29) is 18.2 Å². The summed E-state index contributed by atoms with van der Waals surface area (Å²) in [5.74, 6) is -0.268. The number of rotatable bonds is 3. The molecule has 1 saturated heterocycles. The molecule has 1 fully saturated rings. The molecule has 0 aliphatic carbocycles. The van der Waals surface area contributed by atoms with E-state index in [2.05, 4.69) is 21.2 Å². The second-order valence-corrected chi connectivity index (χ2v) is 6.75. The first-order chi connectivity index (χ1) is 9.86. The van der Waals surface area contributed by atoms with Crippen molar-refractivity contribution in [3.63, 3.8) is 0 Å². The molecular weight excluding hydrogens is 358 g/mol. The fourth-order valence-electron chi connectivity index (χ4n) is 2.92. The predicted molar refractivity (Wildman–Crippen MR) is 86.8 cm³/mol. The molecule has 2 atom stereocenters. The molecule has 0 spiro atoms. The fourth-order valence-corrected chi connectivity index (χ4v) is 3.42. The van der Waals surface area contributed by atoms with E-state index < -0.39 is 5.54 Å². The number of halogens is 2. The fraction of sp³-hybridized carbons (Fsp3) is 0.533. The van der Waals surface area contributed by atoms with Gasteiger partial charge in [0.2, 0.25) is 0 Å². The molecule has 0 aromatic heterocycles. The van der Waals surface area contributed by atoms with Crippen LogP contribution < -0.4 is 5.32 Å². The summed E-state index contributed by atoms with van der Waals surface area (Å²) in [6.07, 6.45) is 1.08. The number of nitrogens with one attached hydrogen (secondary N) is 1. The SMILES string of the molecule is COC(=O)C1(Nc2ccc(Cl)c(Br)c2)CC(C)OC(C)C1. The Hall–Kier alpha value is -0.780. The van der Waals surface area contributed by atoms with Gasteiger partial charge in [-0.15, -0.1) is 0 Å². The van der Waals surface area contributed by atoms with Crippen molar-refractivity contribution in [3.05, 3.63) is 27.7 Å². The Labute approximate surface area is 138 Å². The van der Waals surface area contributed by atoms with Crippen molar-refractivity contribution in [3.8, 4) is 0 Å². The standard InChI is InChI=1S/C15H19BrClNO3/c1-9-7-15(14(19)20-3,8-10(2)21-9)18-11-4-5-13(17)12(16)6-11/h4-6,9-10,18H,7-8H2,1-3H3. The van der Waals surface area contributed by atoms with E-state index in [0.29, 0.717) is 17.9 Å². The Morgan fingerprint density at radius 1 is 1.43 bits per heavy atom. The van der Waals surface area contributed by atoms with Gasteiger partial charge >= 0.3 is 5.97 Å². The third kappa shape index (κ3) is 3.71. The zero-order chi connectivity index (χ0) is 15.6. The molecule has 0 amide bonds. The summed E-state index contributed by atoms with van der Waals surface area (Å²) >= 11 is 9.40. The van der Waals surface area contributed by atoms with Gasteiger partial charge in [0.05, 0.1) is 24.3 Å². The van der Waals surface area contributed by atoms with Gasteiger partial charge in [0.25, 0.3) is 0 Å². The Kier molecular flexibility index (Phi) is 5.17. The second kappa shape index (κ2) is 6.55. The molecule has 4 nitrogen and oxygen atoms in total. The third-order valence-electron chi connectivity index (χ3n) is 3.62. The highest BCUT2D eigenvalue weighted by Crippen LogP contribution is 2.35. The van der Waals surface area contributed by atoms with E-state index in [1.807, 2.05) is 26.0 Å². The van der Waals surface area contributed by atoms with Crippen LogP contribution in [0.25, 0.3) is 0 Å². The van der Waals surface area contributed by atoms with Crippen LogP contribution in [0.4, 0.5) is 5.69 Å². The summed E-state index contributed by atoms with van der Waals surface area (Å²) in [7, 11) is 1.41. The third-order valence-corrected chi connectivity index (χ3v) is 4.83. The van der Waals surface area contributed by atoms with Gasteiger partial charge in [-0.1, -0.05) is 11.6 Å². The van der Waals surface area contributed by atoms with Crippen molar-refractivity contribution in [2.45, 2.75) is 44.4 Å². The number of ether oxygens (including phenoxy) is 2. The lowest BCUT2D eigenvalue weighted by Gasteiger charge is -2.41. The molecule has 1 aliphatic heterocycles. The van der Waals surface area contributed by atoms with Crippen LogP contribution in [0.3, 0.4) is 0 Å². The molecular formula is C15H19BrClNO3. The highest BCUT2D eigenvalue weighted by atomic mass is 79.9. The van der Waals surface area contributed by atoms with Gasteiger partial charge in [-0.2, -0.15) is 0 Å². The molecule has 21 heavy (non-hydrogen) atoms. The molecule has 2 rings (SSSR count). The van der Waals surface area contributed by atoms with Crippen LogP contribution in [0.1, 0.15) is 26.7 Å². The maximum atomic E-state index is 12.4. The molecule has 1 aromatic rings. The van der Waals surface area contributed by atoms with Crippen LogP contribution in [0.15, 0.2) is 22.7 Å². The van der Waals surface area contributed by atoms with Crippen molar-refractivity contribution in [2.75, 3.05) is 12.4 Å². The molecule has 1 N–H and O–H groups in total. The highest BCUT2D eigenvalue weighted by Gasteiger charge is 2.46. The molecule has 1 heterocycles. The number of carbonyl (C=O) groups is 1.